The van der Waals surface area contributed by atoms with Crippen molar-refractivity contribution in [3.8, 4) is 22.5 Å². The Morgan fingerprint density at radius 1 is 0.441 bits per heavy atom. The topological polar surface area (TPSA) is 622 Å². The van der Waals surface area contributed by atoms with Crippen molar-refractivity contribution < 1.29 is 154 Å². The maximum Gasteiger partial charge on any atom is 0.328 e. The van der Waals surface area contributed by atoms with Gasteiger partial charge in [-0.2, -0.15) is 0 Å². The van der Waals surface area contributed by atoms with Crippen LogP contribution >= 0.6 is 30.2 Å². The molecule has 0 saturated carbocycles. The van der Waals surface area contributed by atoms with Crippen molar-refractivity contribution in [1.82, 2.24) is 66.5 Å². The van der Waals surface area contributed by atoms with E-state index in [-0.39, 0.29) is 219 Å². The van der Waals surface area contributed by atoms with Crippen LogP contribution in [0.3, 0.4) is 0 Å². The smallest absolute Gasteiger partial charge is 0.328 e. The molecule has 0 saturated heterocycles. The summed E-state index contributed by atoms with van der Waals surface area (Å²) in [4.78, 5) is 234. The molecule has 4 aromatic rings. The quantitative estimate of drug-likeness (QED) is 0.00830. The van der Waals surface area contributed by atoms with Gasteiger partial charge in [0.05, 0.1) is 117 Å². The minimum atomic E-state index is -4.56. The summed E-state index contributed by atoms with van der Waals surface area (Å²) >= 11 is 2.22. The number of halogens is 1. The molecule has 6 atom stereocenters. The molecule has 3 heterocycles. The van der Waals surface area contributed by atoms with Gasteiger partial charge < -0.3 is 125 Å². The van der Waals surface area contributed by atoms with Gasteiger partial charge in [-0.05, 0) is 142 Å². The second kappa shape index (κ2) is 67.8. The van der Waals surface area contributed by atoms with Gasteiger partial charge in [-0.3, -0.25) is 76.5 Å². The maximum absolute atomic E-state index is 14.3. The highest BCUT2D eigenvalue weighted by atomic mass is 127. The first-order chi connectivity index (χ1) is 69.5. The summed E-state index contributed by atoms with van der Waals surface area (Å²) in [6, 6.07) is 18.7. The fourth-order valence-electron chi connectivity index (χ4n) is 15.0. The second-order valence-electron chi connectivity index (χ2n) is 34.2. The number of aromatic nitrogens is 3. The number of aliphatic carboxylic acids is 5. The highest BCUT2D eigenvalue weighted by Crippen LogP contribution is 2.45. The van der Waals surface area contributed by atoms with Crippen LogP contribution in [0.15, 0.2) is 110 Å². The number of aryl methyl sites for hydroxylation is 2. The molecular weight excluding hydrogens is 2030 g/mol. The number of fused-ring (bicyclic) bond motifs is 5. The van der Waals surface area contributed by atoms with Crippen molar-refractivity contribution in [2.45, 2.75) is 192 Å². The van der Waals surface area contributed by atoms with Gasteiger partial charge in [0.2, 0.25) is 41.4 Å². The fraction of sp³-hybridized carbons (Fsp3) is 0.557. The zero-order chi connectivity index (χ0) is 106. The number of methoxy groups -OCH3 is 3. The van der Waals surface area contributed by atoms with Gasteiger partial charge in [-0.1, -0.05) is 66.2 Å². The second-order valence-corrected chi connectivity index (χ2v) is 37.3. The first-order valence-electron chi connectivity index (χ1n) is 48.1. The molecule has 798 valence electrons. The first kappa shape index (κ1) is 121. The van der Waals surface area contributed by atoms with Gasteiger partial charge in [-0.25, -0.2) is 14.3 Å². The molecule has 6 rings (SSSR count). The lowest BCUT2D eigenvalue weighted by Gasteiger charge is -2.28. The summed E-state index contributed by atoms with van der Waals surface area (Å²) in [6.07, 6.45) is 9.32. The molecule has 1 aromatic heterocycles. The Kier molecular flexibility index (Phi) is 56.6. The van der Waals surface area contributed by atoms with Crippen LogP contribution in [0.1, 0.15) is 165 Å². The highest BCUT2D eigenvalue weighted by molar-refractivity contribution is 14.1. The number of benzene rings is 3. The Hall–Kier alpha value is -12.7. The Morgan fingerprint density at radius 3 is 1.59 bits per heavy atom. The normalized spacial score (nSPS) is 14.3. The third kappa shape index (κ3) is 49.2. The van der Waals surface area contributed by atoms with Gasteiger partial charge in [0.25, 0.3) is 0 Å². The van der Waals surface area contributed by atoms with E-state index in [9.17, 15) is 111 Å². The van der Waals surface area contributed by atoms with Gasteiger partial charge in [0.15, 0.2) is 0 Å². The van der Waals surface area contributed by atoms with Crippen LogP contribution in [0, 0.1) is 15.4 Å². The van der Waals surface area contributed by atoms with Crippen molar-refractivity contribution in [2.24, 2.45) is 11.8 Å². The van der Waals surface area contributed by atoms with E-state index in [0.29, 0.717) is 74.9 Å². The van der Waals surface area contributed by atoms with Crippen molar-refractivity contribution in [3.63, 3.8) is 0 Å². The standard InChI is InChI=1S/C97H136IN14O32P/c1-137-88(123)64-108-46-44-107(45-47-109(65-89(124)138-2)49-51-110(50-48-108)66-90(125)139-3)63-85(119)101-42-16-43-112-92-75-21-7-6-18-70(75)62-111(80-25-9-8-22-76(80)91(92)105-106-112)86(120)37-33-73(113)20-14-52-140-55-57-142-59-60-143-58-56-141-54-39-84(118)102-77(93(126)104-79(97(133)134)23-10-12-41-99-81(115)26-13-17-68-27-31-72(98)32-28-68)34-36-82(116)100-40-11-4-5-19-74(114)61-69(94(127)128)29-35-83(117)103-78(96(131)132)24-15-53-144-145(135,136)67-71(95(129)130)30-38-87(121)122/h6-9,18,21-22,25,27-28,31-32,44,46,48-51,69,71,77-79H,4-5,10-17,19-20,23-24,26,29-30,33-43,45,47,52-67H2,1-3H3,(H,99,115)(H,100,116)(H,101,119)(H,102,118)(H,103,117)(H,104,126)(H,121,122)(H,127,128)(H,129,130)(H,131,132)(H,133,134)(H,135,136)/b46-44?,50-48-,51-49-/t69-,71?,77?,78+,79?/m1/s1. The number of para-hydroxylation sites is 1. The number of unbranched alkanes of at least 4 members (excludes halogenated alkanes) is 3. The molecule has 4 unspecified atom stereocenters. The number of ether oxygens (including phenoxy) is 7. The summed E-state index contributed by atoms with van der Waals surface area (Å²) in [5.74, 6) is -15.6. The molecule has 0 bridgehead atoms. The highest BCUT2D eigenvalue weighted by Gasteiger charge is 2.35. The van der Waals surface area contributed by atoms with Gasteiger partial charge in [0, 0.05) is 162 Å². The number of anilines is 1. The number of carbonyl (C=O) groups excluding carboxylic acids is 12. The number of Topliss-reactive ketones (excluding diaryl/α,β-unsaturated/α-hetero) is 2. The van der Waals surface area contributed by atoms with E-state index in [4.69, 9.17) is 42.8 Å². The van der Waals surface area contributed by atoms with Crippen LogP contribution in [0.2, 0.25) is 0 Å². The lowest BCUT2D eigenvalue weighted by molar-refractivity contribution is -0.145. The number of amides is 7. The third-order valence-electron chi connectivity index (χ3n) is 23.0. The van der Waals surface area contributed by atoms with Gasteiger partial charge in [0.1, 0.15) is 55.0 Å². The number of ketones is 2. The Balaban J connectivity index is 0.876. The monoisotopic (exact) mass is 2170 g/mol. The molecule has 0 aliphatic carbocycles. The van der Waals surface area contributed by atoms with Crippen LogP contribution in [0.5, 0.6) is 0 Å². The fourth-order valence-corrected chi connectivity index (χ4v) is 16.7. The number of carboxylic acid groups (broad SMARTS) is 5. The van der Waals surface area contributed by atoms with Crippen molar-refractivity contribution >= 4 is 137 Å². The lowest BCUT2D eigenvalue weighted by Crippen LogP contribution is -2.52. The maximum atomic E-state index is 14.3. The third-order valence-corrected chi connectivity index (χ3v) is 25.2. The van der Waals surface area contributed by atoms with E-state index in [1.165, 1.54) is 31.1 Å². The van der Waals surface area contributed by atoms with Crippen molar-refractivity contribution in [3.05, 3.63) is 125 Å². The Bertz CT molecular complexity index is 5040. The number of hydrogen-bond acceptors (Lipinski definition) is 32. The zero-order valence-electron chi connectivity index (χ0n) is 82.0. The van der Waals surface area contributed by atoms with Crippen LogP contribution in [0.4, 0.5) is 5.69 Å². The van der Waals surface area contributed by atoms with Crippen molar-refractivity contribution in [2.75, 3.05) is 151 Å². The van der Waals surface area contributed by atoms with E-state index in [1.807, 2.05) is 72.8 Å². The van der Waals surface area contributed by atoms with Crippen LogP contribution in [-0.2, 0) is 143 Å². The molecular formula is C97H136IN14O32P. The SMILES string of the molecule is COC(=O)CN1C=CN(CC(=O)NCCCn2nnc3c2-c2ccccc2CN(C(=O)CCC(=O)CCCOCCOCCOCCOCCC(=O)NC(CCC(=O)NCCCCCC(=O)C[C@@H](CCC(=O)N[C@@H](CCCOP(=O)(O)CC(CCC(=O)O)C(=O)O)C(=O)O)C(=O)O)C(=O)NC(CCCCNC(=O)CCCc2ccc(I)cc2)C(=O)O)c2ccccc2-3)CCN(CC(=O)OC)/C=C\N(CC(=O)OC)/C=C\1. The minimum absolute atomic E-state index is 0.000333. The zero-order valence-corrected chi connectivity index (χ0v) is 85.1. The predicted octanol–water partition coefficient (Wildman–Crippen LogP) is 5.69. The molecule has 0 fully saturated rings. The molecule has 3 aromatic carbocycles. The summed E-state index contributed by atoms with van der Waals surface area (Å²) in [5.41, 5.74) is 5.23. The van der Waals surface area contributed by atoms with E-state index in [1.54, 1.807) is 56.6 Å². The molecule has 7 amide bonds. The van der Waals surface area contributed by atoms with E-state index < -0.39 is 153 Å². The van der Waals surface area contributed by atoms with Crippen LogP contribution in [-0.4, -0.2) is 330 Å². The Morgan fingerprint density at radius 2 is 0.966 bits per heavy atom. The summed E-state index contributed by atoms with van der Waals surface area (Å²) in [6.45, 7) is 1.75. The average molecular weight is 2170 g/mol. The largest absolute Gasteiger partial charge is 0.481 e. The molecule has 0 spiro atoms. The summed E-state index contributed by atoms with van der Waals surface area (Å²) < 4.78 is 57.5. The number of esters is 3. The molecule has 145 heavy (non-hydrogen) atoms. The average Bonchev–Trinajstić information content (AvgIpc) is 1.64. The predicted molar refractivity (Wildman–Crippen MR) is 530 cm³/mol. The number of rotatable bonds is 72. The molecule has 2 aliphatic heterocycles. The van der Waals surface area contributed by atoms with Gasteiger partial charge >= 0.3 is 55.4 Å². The van der Waals surface area contributed by atoms with Crippen LogP contribution < -0.4 is 36.8 Å². The number of carbonyl (C=O) groups is 17. The summed E-state index contributed by atoms with van der Waals surface area (Å²) in [7, 11) is -0.775. The molecule has 48 heteroatoms. The van der Waals surface area contributed by atoms with Crippen molar-refractivity contribution in [1.29, 1.82) is 0 Å². The molecule has 46 nitrogen and oxygen atoms in total. The van der Waals surface area contributed by atoms with E-state index in [0.717, 1.165) is 32.4 Å². The molecule has 0 radical (unpaired) electrons. The Labute approximate surface area is 854 Å². The van der Waals surface area contributed by atoms with Gasteiger partial charge in [-0.15, -0.1) is 5.10 Å². The number of nitrogens with one attached hydrogen (secondary N) is 6. The van der Waals surface area contributed by atoms with E-state index >= 15 is 0 Å². The number of carboxylic acids is 5. The van der Waals surface area contributed by atoms with E-state index in [2.05, 4.69) is 64.8 Å². The molecule has 2 aliphatic rings. The summed E-state index contributed by atoms with van der Waals surface area (Å²) in [5, 5.41) is 72.9. The van der Waals surface area contributed by atoms with Crippen LogP contribution in [0.25, 0.3) is 22.5 Å². The minimum Gasteiger partial charge on any atom is -0.481 e. The number of nitrogens with zero attached hydrogens (tertiary/aromatic N) is 8. The lowest BCUT2D eigenvalue weighted by atomic mass is 9.94. The first-order valence-corrected chi connectivity index (χ1v) is 50.9. The molecule has 12 N–H and O–H groups in total. The number of hydrogen-bond donors (Lipinski definition) is 12.